The Morgan fingerprint density at radius 1 is 1.20 bits per heavy atom. The fourth-order valence-corrected chi connectivity index (χ4v) is 5.26. The molecule has 5 rings (SSSR count). The second kappa shape index (κ2) is 7.69. The van der Waals surface area contributed by atoms with Crippen LogP contribution in [0.4, 0.5) is 5.69 Å². The van der Waals surface area contributed by atoms with Crippen molar-refractivity contribution in [2.24, 2.45) is 5.92 Å². The number of rotatable bonds is 5. The number of aryl methyl sites for hydroxylation is 1. The highest BCUT2D eigenvalue weighted by Crippen LogP contribution is 2.43. The first-order chi connectivity index (χ1) is 14.5. The number of hydrogen-bond donors (Lipinski definition) is 3. The van der Waals surface area contributed by atoms with Gasteiger partial charge in [-0.2, -0.15) is 0 Å². The second-order valence-electron chi connectivity index (χ2n) is 8.97. The van der Waals surface area contributed by atoms with E-state index < -0.39 is 11.7 Å². The van der Waals surface area contributed by atoms with Crippen molar-refractivity contribution in [2.45, 2.75) is 43.5 Å². The van der Waals surface area contributed by atoms with Gasteiger partial charge in [-0.15, -0.1) is 0 Å². The lowest BCUT2D eigenvalue weighted by Crippen LogP contribution is -2.36. The van der Waals surface area contributed by atoms with Crippen LogP contribution >= 0.6 is 0 Å². The summed E-state index contributed by atoms with van der Waals surface area (Å²) in [6, 6.07) is 15.5. The Hall–Kier alpha value is -2.41. The number of hydrogen-bond acceptors (Lipinski definition) is 5. The predicted octanol–water partition coefficient (Wildman–Crippen LogP) is 2.51. The van der Waals surface area contributed by atoms with Gasteiger partial charge in [0, 0.05) is 44.1 Å². The summed E-state index contributed by atoms with van der Waals surface area (Å²) in [6.45, 7) is 1.82. The van der Waals surface area contributed by atoms with Gasteiger partial charge in [-0.1, -0.05) is 30.3 Å². The van der Waals surface area contributed by atoms with Crippen molar-refractivity contribution in [3.05, 3.63) is 59.7 Å². The molecular formula is C24H28N2O4. The molecule has 0 radical (unpaired) electrons. The number of carbonyl (C=O) groups excluding carboxylic acids is 1. The molecular weight excluding hydrogens is 380 g/mol. The van der Waals surface area contributed by atoms with Gasteiger partial charge >= 0.3 is 0 Å². The summed E-state index contributed by atoms with van der Waals surface area (Å²) >= 11 is 0. The average Bonchev–Trinajstić information content (AvgIpc) is 3.18. The lowest BCUT2D eigenvalue weighted by molar-refractivity contribution is -0.116. The molecule has 2 heterocycles. The summed E-state index contributed by atoms with van der Waals surface area (Å²) in [6.07, 6.45) is 2.06. The molecule has 6 nitrogen and oxygen atoms in total. The molecule has 1 saturated heterocycles. The van der Waals surface area contributed by atoms with E-state index in [2.05, 4.69) is 10.2 Å². The summed E-state index contributed by atoms with van der Waals surface area (Å²) in [4.78, 5) is 13.7. The maximum Gasteiger partial charge on any atom is 0.224 e. The standard InChI is InChI=1S/C24H28N2O4/c27-22(17-6-8-21-16(10-17)7-9-23(28)25-21)14-26-13-18-11-20(12-24(18,29)15-26)30-19-4-2-1-3-5-19/h1-6,8,10,18,20,22,27,29H,7,9,11-15H2,(H,25,28)/t18-,20+,22?,24-/m1/s1. The van der Waals surface area contributed by atoms with Crippen LogP contribution in [0.2, 0.25) is 0 Å². The van der Waals surface area contributed by atoms with Crippen LogP contribution in [0.1, 0.15) is 36.5 Å². The number of anilines is 1. The lowest BCUT2D eigenvalue weighted by Gasteiger charge is -2.25. The van der Waals surface area contributed by atoms with Crippen molar-refractivity contribution in [3.8, 4) is 5.75 Å². The Balaban J connectivity index is 1.19. The van der Waals surface area contributed by atoms with Gasteiger partial charge in [0.1, 0.15) is 11.9 Å². The van der Waals surface area contributed by atoms with E-state index in [4.69, 9.17) is 4.74 Å². The van der Waals surface area contributed by atoms with Crippen LogP contribution < -0.4 is 10.1 Å². The molecule has 158 valence electrons. The van der Waals surface area contributed by atoms with E-state index in [0.717, 1.165) is 35.5 Å². The van der Waals surface area contributed by atoms with Gasteiger partial charge in [-0.25, -0.2) is 0 Å². The number of ether oxygens (including phenoxy) is 1. The highest BCUT2D eigenvalue weighted by Gasteiger charge is 2.52. The highest BCUT2D eigenvalue weighted by molar-refractivity contribution is 5.93. The average molecular weight is 408 g/mol. The number of aliphatic hydroxyl groups excluding tert-OH is 1. The van der Waals surface area contributed by atoms with Gasteiger partial charge in [-0.05, 0) is 42.2 Å². The van der Waals surface area contributed by atoms with Crippen LogP contribution in [-0.4, -0.2) is 52.4 Å². The van der Waals surface area contributed by atoms with Gasteiger partial charge in [0.05, 0.1) is 11.7 Å². The van der Waals surface area contributed by atoms with E-state index in [0.29, 0.717) is 32.4 Å². The molecule has 0 bridgehead atoms. The summed E-state index contributed by atoms with van der Waals surface area (Å²) < 4.78 is 6.07. The van der Waals surface area contributed by atoms with E-state index in [-0.39, 0.29) is 17.9 Å². The van der Waals surface area contributed by atoms with Crippen LogP contribution in [0.15, 0.2) is 48.5 Å². The van der Waals surface area contributed by atoms with Gasteiger partial charge in [0.25, 0.3) is 0 Å². The van der Waals surface area contributed by atoms with Crippen molar-refractivity contribution in [1.82, 2.24) is 4.90 Å². The molecule has 2 aliphatic heterocycles. The number of para-hydroxylation sites is 1. The highest BCUT2D eigenvalue weighted by atomic mass is 16.5. The molecule has 1 saturated carbocycles. The number of nitrogens with zero attached hydrogens (tertiary/aromatic N) is 1. The smallest absolute Gasteiger partial charge is 0.224 e. The quantitative estimate of drug-likeness (QED) is 0.708. The molecule has 30 heavy (non-hydrogen) atoms. The van der Waals surface area contributed by atoms with E-state index in [1.807, 2.05) is 48.5 Å². The maximum atomic E-state index is 11.5. The maximum absolute atomic E-state index is 11.5. The molecule has 1 amide bonds. The molecule has 2 aromatic rings. The van der Waals surface area contributed by atoms with Crippen molar-refractivity contribution in [2.75, 3.05) is 25.0 Å². The molecule has 1 aliphatic carbocycles. The first kappa shape index (κ1) is 19.5. The third-order valence-electron chi connectivity index (χ3n) is 6.75. The Kier molecular flexibility index (Phi) is 5.01. The van der Waals surface area contributed by atoms with Crippen molar-refractivity contribution >= 4 is 11.6 Å². The number of carbonyl (C=O) groups is 1. The number of likely N-dealkylation sites (tertiary alicyclic amines) is 1. The van der Waals surface area contributed by atoms with Crippen molar-refractivity contribution in [3.63, 3.8) is 0 Å². The van der Waals surface area contributed by atoms with Crippen LogP contribution in [0.3, 0.4) is 0 Å². The third kappa shape index (κ3) is 3.83. The summed E-state index contributed by atoms with van der Waals surface area (Å²) in [5.74, 6) is 1.06. The minimum Gasteiger partial charge on any atom is -0.490 e. The van der Waals surface area contributed by atoms with Crippen molar-refractivity contribution < 1.29 is 19.7 Å². The zero-order chi connectivity index (χ0) is 20.7. The number of benzene rings is 2. The van der Waals surface area contributed by atoms with E-state index in [1.165, 1.54) is 0 Å². The van der Waals surface area contributed by atoms with Gasteiger partial charge in [-0.3, -0.25) is 9.69 Å². The van der Waals surface area contributed by atoms with Gasteiger partial charge in [0.15, 0.2) is 0 Å². The third-order valence-corrected chi connectivity index (χ3v) is 6.75. The Bertz CT molecular complexity index is 934. The number of aliphatic hydroxyl groups is 2. The number of nitrogens with one attached hydrogen (secondary N) is 1. The van der Waals surface area contributed by atoms with Crippen LogP contribution in [-0.2, 0) is 11.2 Å². The largest absolute Gasteiger partial charge is 0.490 e. The fourth-order valence-electron chi connectivity index (χ4n) is 5.26. The minimum atomic E-state index is -0.751. The number of β-amino-alcohol motifs (C(OH)–C–C–N with tert-alkyl or cyclic N) is 2. The van der Waals surface area contributed by atoms with Crippen LogP contribution in [0, 0.1) is 5.92 Å². The summed E-state index contributed by atoms with van der Waals surface area (Å²) in [5.41, 5.74) is 2.03. The first-order valence-corrected chi connectivity index (χ1v) is 10.8. The summed E-state index contributed by atoms with van der Waals surface area (Å²) in [5, 5.41) is 24.8. The zero-order valence-electron chi connectivity index (χ0n) is 17.0. The molecule has 0 spiro atoms. The number of fused-ring (bicyclic) bond motifs is 2. The zero-order valence-corrected chi connectivity index (χ0v) is 17.0. The number of amides is 1. The Labute approximate surface area is 176 Å². The predicted molar refractivity (Wildman–Crippen MR) is 113 cm³/mol. The molecule has 3 N–H and O–H groups in total. The lowest BCUT2D eigenvalue weighted by atomic mass is 9.95. The van der Waals surface area contributed by atoms with Gasteiger partial charge in [0.2, 0.25) is 5.91 Å². The van der Waals surface area contributed by atoms with Crippen LogP contribution in [0.25, 0.3) is 0 Å². The van der Waals surface area contributed by atoms with Gasteiger partial charge < -0.3 is 20.3 Å². The molecule has 6 heteroatoms. The van der Waals surface area contributed by atoms with E-state index in [9.17, 15) is 15.0 Å². The summed E-state index contributed by atoms with van der Waals surface area (Å²) in [7, 11) is 0. The molecule has 1 unspecified atom stereocenters. The minimum absolute atomic E-state index is 0.0327. The Morgan fingerprint density at radius 2 is 2.03 bits per heavy atom. The fraction of sp³-hybridized carbons (Fsp3) is 0.458. The van der Waals surface area contributed by atoms with E-state index >= 15 is 0 Å². The van der Waals surface area contributed by atoms with E-state index in [1.54, 1.807) is 0 Å². The molecule has 0 aromatic heterocycles. The topological polar surface area (TPSA) is 82.0 Å². The second-order valence-corrected chi connectivity index (χ2v) is 8.97. The first-order valence-electron chi connectivity index (χ1n) is 10.8. The van der Waals surface area contributed by atoms with Crippen molar-refractivity contribution in [1.29, 1.82) is 0 Å². The SMILES string of the molecule is O=C1CCc2cc(C(O)CN3C[C@H]4C[C@H](Oc5ccccc5)C[C@@]4(O)C3)ccc2N1. The molecule has 3 aliphatic rings. The normalized spacial score (nSPS) is 29.2. The van der Waals surface area contributed by atoms with Crippen LogP contribution in [0.5, 0.6) is 5.75 Å². The Morgan fingerprint density at radius 3 is 2.83 bits per heavy atom. The molecule has 4 atom stereocenters. The monoisotopic (exact) mass is 408 g/mol. The molecule has 2 aromatic carbocycles. The molecule has 2 fully saturated rings.